The van der Waals surface area contributed by atoms with E-state index < -0.39 is 5.54 Å². The normalized spacial score (nSPS) is 24.0. The monoisotopic (exact) mass is 315 g/mol. The summed E-state index contributed by atoms with van der Waals surface area (Å²) in [6, 6.07) is 7.50. The van der Waals surface area contributed by atoms with Crippen LogP contribution in [0.3, 0.4) is 0 Å². The molecule has 2 aliphatic heterocycles. The molecule has 3 rings (SSSR count). The first-order chi connectivity index (χ1) is 10.9. The highest BCUT2D eigenvalue weighted by molar-refractivity contribution is 6.14. The highest BCUT2D eigenvalue weighted by Gasteiger charge is 2.43. The Labute approximate surface area is 137 Å². The Hall–Kier alpha value is -1.88. The van der Waals surface area contributed by atoms with Crippen LogP contribution in [0.2, 0.25) is 0 Å². The third-order valence-electron chi connectivity index (χ3n) is 4.86. The number of amides is 2. The minimum Gasteiger partial charge on any atom is -0.322 e. The molecule has 0 aliphatic carbocycles. The number of likely N-dealkylation sites (tertiary alicyclic amines) is 1. The molecule has 5 heteroatoms. The zero-order valence-electron chi connectivity index (χ0n) is 14.1. The number of nitrogens with one attached hydrogen (secondary N) is 1. The zero-order chi connectivity index (χ0) is 16.6. The van der Waals surface area contributed by atoms with E-state index in [1.807, 2.05) is 24.3 Å². The van der Waals surface area contributed by atoms with Crippen molar-refractivity contribution in [2.24, 2.45) is 5.92 Å². The Bertz CT molecular complexity index is 626. The number of carbonyl (C=O) groups is 2. The number of para-hydroxylation sites is 2. The molecular weight excluding hydrogens is 290 g/mol. The van der Waals surface area contributed by atoms with Crippen LogP contribution in [-0.2, 0) is 9.59 Å². The van der Waals surface area contributed by atoms with Gasteiger partial charge in [-0.3, -0.25) is 19.4 Å². The largest absolute Gasteiger partial charge is 0.322 e. The predicted octanol–water partition coefficient (Wildman–Crippen LogP) is 2.48. The van der Waals surface area contributed by atoms with Gasteiger partial charge in [-0.05, 0) is 51.3 Å². The van der Waals surface area contributed by atoms with E-state index in [0.29, 0.717) is 18.2 Å². The molecule has 0 aromatic heterocycles. The molecule has 1 saturated heterocycles. The average molecular weight is 315 g/mol. The number of hydrogen-bond acceptors (Lipinski definition) is 3. The van der Waals surface area contributed by atoms with Crippen LogP contribution in [0.25, 0.3) is 0 Å². The topological polar surface area (TPSA) is 52.7 Å². The van der Waals surface area contributed by atoms with Gasteiger partial charge in [0.05, 0.1) is 17.9 Å². The van der Waals surface area contributed by atoms with E-state index in [9.17, 15) is 9.59 Å². The van der Waals surface area contributed by atoms with Crippen molar-refractivity contribution in [1.82, 2.24) is 4.90 Å². The van der Waals surface area contributed by atoms with Gasteiger partial charge in [0.25, 0.3) is 0 Å². The van der Waals surface area contributed by atoms with Crippen LogP contribution in [-0.4, -0.2) is 41.9 Å². The molecule has 0 unspecified atom stereocenters. The van der Waals surface area contributed by atoms with Crippen LogP contribution in [0.1, 0.15) is 33.6 Å². The van der Waals surface area contributed by atoms with Gasteiger partial charge in [-0.25, -0.2) is 0 Å². The summed E-state index contributed by atoms with van der Waals surface area (Å²) in [5.74, 6) is 0.476. The van der Waals surface area contributed by atoms with Gasteiger partial charge in [0.1, 0.15) is 5.54 Å². The maximum Gasteiger partial charge on any atom is 0.250 e. The van der Waals surface area contributed by atoms with Gasteiger partial charge in [-0.15, -0.1) is 0 Å². The highest BCUT2D eigenvalue weighted by Crippen LogP contribution is 2.36. The molecule has 0 saturated carbocycles. The van der Waals surface area contributed by atoms with E-state index >= 15 is 0 Å². The first kappa shape index (κ1) is 16.0. The average Bonchev–Trinajstić information content (AvgIpc) is 2.48. The Morgan fingerprint density at radius 1 is 1.35 bits per heavy atom. The molecule has 0 radical (unpaired) electrons. The van der Waals surface area contributed by atoms with Gasteiger partial charge in [0, 0.05) is 6.54 Å². The first-order valence-electron chi connectivity index (χ1n) is 8.35. The molecule has 0 bridgehead atoms. The lowest BCUT2D eigenvalue weighted by atomic mass is 9.95. The van der Waals surface area contributed by atoms with E-state index in [0.717, 1.165) is 25.2 Å². The molecule has 5 nitrogen and oxygen atoms in total. The minimum absolute atomic E-state index is 0.00796. The first-order valence-corrected chi connectivity index (χ1v) is 8.35. The predicted molar refractivity (Wildman–Crippen MR) is 91.5 cm³/mol. The van der Waals surface area contributed by atoms with E-state index in [-0.39, 0.29) is 11.8 Å². The molecule has 1 aromatic rings. The molecular formula is C18H25N3O2. The molecule has 23 heavy (non-hydrogen) atoms. The molecule has 1 fully saturated rings. The number of nitrogens with zero attached hydrogens (tertiary/aromatic N) is 2. The van der Waals surface area contributed by atoms with Crippen molar-refractivity contribution in [2.75, 3.05) is 29.9 Å². The van der Waals surface area contributed by atoms with Crippen molar-refractivity contribution < 1.29 is 9.59 Å². The number of rotatable bonds is 2. The smallest absolute Gasteiger partial charge is 0.250 e. The van der Waals surface area contributed by atoms with Gasteiger partial charge < -0.3 is 5.32 Å². The summed E-state index contributed by atoms with van der Waals surface area (Å²) in [6.45, 7) is 8.11. The standard InChI is InChI=1S/C18H25N3O2/c1-13-7-6-10-20(11-13)12-16(22)21-15-9-5-4-8-14(15)19-17(23)18(21,2)3/h4-5,8-9,13H,6-7,10-12H2,1-3H3,(H,19,23)/t13-/m1/s1. The SMILES string of the molecule is C[C@@H]1CCCN(CC(=O)N2c3ccccc3NC(=O)C2(C)C)C1. The number of carbonyl (C=O) groups excluding carboxylic acids is 2. The summed E-state index contributed by atoms with van der Waals surface area (Å²) < 4.78 is 0. The van der Waals surface area contributed by atoms with Crippen molar-refractivity contribution in [3.8, 4) is 0 Å². The number of benzene rings is 1. The van der Waals surface area contributed by atoms with E-state index in [4.69, 9.17) is 0 Å². The van der Waals surface area contributed by atoms with Crippen LogP contribution in [0.5, 0.6) is 0 Å². The summed E-state index contributed by atoms with van der Waals surface area (Å²) in [5.41, 5.74) is 0.608. The molecule has 1 atom stereocenters. The molecule has 2 amide bonds. The van der Waals surface area contributed by atoms with Crippen LogP contribution in [0.4, 0.5) is 11.4 Å². The lowest BCUT2D eigenvalue weighted by Crippen LogP contribution is -2.60. The number of hydrogen-bond donors (Lipinski definition) is 1. The third-order valence-corrected chi connectivity index (χ3v) is 4.86. The minimum atomic E-state index is -0.882. The lowest BCUT2D eigenvalue weighted by molar-refractivity contribution is -0.127. The summed E-state index contributed by atoms with van der Waals surface area (Å²) in [7, 11) is 0. The van der Waals surface area contributed by atoms with Crippen molar-refractivity contribution in [2.45, 2.75) is 39.2 Å². The van der Waals surface area contributed by atoms with E-state index in [1.165, 1.54) is 6.42 Å². The van der Waals surface area contributed by atoms with E-state index in [2.05, 4.69) is 17.1 Å². The Balaban J connectivity index is 1.86. The van der Waals surface area contributed by atoms with Gasteiger partial charge in [0.15, 0.2) is 0 Å². The molecule has 2 heterocycles. The fourth-order valence-corrected chi connectivity index (χ4v) is 3.59. The Kier molecular flexibility index (Phi) is 4.15. The quantitative estimate of drug-likeness (QED) is 0.912. The van der Waals surface area contributed by atoms with E-state index in [1.54, 1.807) is 18.7 Å². The number of fused-ring (bicyclic) bond motifs is 1. The second-order valence-corrected chi connectivity index (χ2v) is 7.24. The Morgan fingerprint density at radius 2 is 2.09 bits per heavy atom. The second kappa shape index (κ2) is 5.96. The highest BCUT2D eigenvalue weighted by atomic mass is 16.2. The maximum atomic E-state index is 13.0. The molecule has 0 spiro atoms. The zero-order valence-corrected chi connectivity index (χ0v) is 14.1. The Morgan fingerprint density at radius 3 is 2.83 bits per heavy atom. The molecule has 1 N–H and O–H groups in total. The molecule has 124 valence electrons. The van der Waals surface area contributed by atoms with Crippen LogP contribution >= 0.6 is 0 Å². The summed E-state index contributed by atoms with van der Waals surface area (Å²) in [5, 5.41) is 2.90. The van der Waals surface area contributed by atoms with Crippen LogP contribution in [0, 0.1) is 5.92 Å². The van der Waals surface area contributed by atoms with Crippen molar-refractivity contribution in [1.29, 1.82) is 0 Å². The molecule has 1 aromatic carbocycles. The summed E-state index contributed by atoms with van der Waals surface area (Å²) in [6.07, 6.45) is 2.36. The van der Waals surface area contributed by atoms with Crippen molar-refractivity contribution in [3.05, 3.63) is 24.3 Å². The summed E-state index contributed by atoms with van der Waals surface area (Å²) in [4.78, 5) is 29.3. The van der Waals surface area contributed by atoms with Crippen molar-refractivity contribution >= 4 is 23.2 Å². The fourth-order valence-electron chi connectivity index (χ4n) is 3.59. The number of piperidine rings is 1. The van der Waals surface area contributed by atoms with Crippen LogP contribution < -0.4 is 10.2 Å². The second-order valence-electron chi connectivity index (χ2n) is 7.24. The fraction of sp³-hybridized carbons (Fsp3) is 0.556. The van der Waals surface area contributed by atoms with Gasteiger partial charge >= 0.3 is 0 Å². The summed E-state index contributed by atoms with van der Waals surface area (Å²) >= 11 is 0. The third kappa shape index (κ3) is 2.98. The van der Waals surface area contributed by atoms with Gasteiger partial charge in [-0.2, -0.15) is 0 Å². The van der Waals surface area contributed by atoms with Gasteiger partial charge in [0.2, 0.25) is 11.8 Å². The van der Waals surface area contributed by atoms with Crippen molar-refractivity contribution in [3.63, 3.8) is 0 Å². The molecule has 2 aliphatic rings. The van der Waals surface area contributed by atoms with Gasteiger partial charge in [-0.1, -0.05) is 19.1 Å². The lowest BCUT2D eigenvalue weighted by Gasteiger charge is -2.43. The maximum absolute atomic E-state index is 13.0. The van der Waals surface area contributed by atoms with Crippen LogP contribution in [0.15, 0.2) is 24.3 Å². The number of anilines is 2.